The van der Waals surface area contributed by atoms with E-state index in [1.807, 2.05) is 5.32 Å². The fourth-order valence-corrected chi connectivity index (χ4v) is 2.40. The van der Waals surface area contributed by atoms with Crippen molar-refractivity contribution in [3.63, 3.8) is 0 Å². The number of nitrogens with two attached hydrogens (primary N) is 1. The molecule has 3 N–H and O–H groups in total. The van der Waals surface area contributed by atoms with E-state index in [-0.39, 0.29) is 5.69 Å². The van der Waals surface area contributed by atoms with Gasteiger partial charge in [-0.05, 0) is 12.1 Å². The van der Waals surface area contributed by atoms with Crippen LogP contribution in [-0.2, 0) is 10.0 Å². The van der Waals surface area contributed by atoms with Crippen LogP contribution in [0.5, 0.6) is 0 Å². The predicted octanol–water partition coefficient (Wildman–Crippen LogP) is 1.32. The third-order valence-electron chi connectivity index (χ3n) is 2.25. The van der Waals surface area contributed by atoms with Crippen LogP contribution in [0.4, 0.5) is 14.5 Å². The lowest BCUT2D eigenvalue weighted by Crippen LogP contribution is -2.17. The molecule has 0 saturated carbocycles. The Kier molecular flexibility index (Phi) is 3.79. The number of aromatic nitrogens is 1. The fraction of sp³-hybridized carbons (Fsp3) is 0. The second-order valence-corrected chi connectivity index (χ2v) is 5.91. The van der Waals surface area contributed by atoms with Crippen LogP contribution in [0.25, 0.3) is 0 Å². The summed E-state index contributed by atoms with van der Waals surface area (Å²) < 4.78 is 49.3. The van der Waals surface area contributed by atoms with E-state index in [0.29, 0.717) is 12.1 Å². The van der Waals surface area contributed by atoms with Gasteiger partial charge in [0.05, 0.1) is 10.4 Å². The molecule has 1 amide bonds. The molecule has 10 heteroatoms. The minimum Gasteiger partial charge on any atom is -0.316 e. The van der Waals surface area contributed by atoms with Crippen LogP contribution >= 0.6 is 11.3 Å². The van der Waals surface area contributed by atoms with Crippen LogP contribution in [0.1, 0.15) is 10.5 Å². The van der Waals surface area contributed by atoms with Crippen LogP contribution in [-0.4, -0.2) is 19.3 Å². The average molecular weight is 319 g/mol. The van der Waals surface area contributed by atoms with E-state index >= 15 is 0 Å². The number of benzene rings is 1. The van der Waals surface area contributed by atoms with Gasteiger partial charge >= 0.3 is 0 Å². The second kappa shape index (κ2) is 5.23. The molecule has 0 atom stereocenters. The highest BCUT2D eigenvalue weighted by atomic mass is 32.2. The number of nitrogens with zero attached hydrogens (tertiary/aromatic N) is 1. The molecule has 20 heavy (non-hydrogen) atoms. The largest absolute Gasteiger partial charge is 0.316 e. The summed E-state index contributed by atoms with van der Waals surface area (Å²) in [5.41, 5.74) is 0.603. The lowest BCUT2D eigenvalue weighted by molar-refractivity contribution is 0.102. The van der Waals surface area contributed by atoms with E-state index in [1.165, 1.54) is 10.9 Å². The molecule has 0 aliphatic carbocycles. The van der Waals surface area contributed by atoms with Crippen molar-refractivity contribution >= 4 is 33.0 Å². The maximum Gasteiger partial charge on any atom is 0.275 e. The van der Waals surface area contributed by atoms with Crippen molar-refractivity contribution in [2.45, 2.75) is 4.90 Å². The summed E-state index contributed by atoms with van der Waals surface area (Å²) in [6.07, 6.45) is 0. The third kappa shape index (κ3) is 2.98. The van der Waals surface area contributed by atoms with E-state index < -0.39 is 38.1 Å². The molecule has 106 valence electrons. The Morgan fingerprint density at radius 2 is 1.90 bits per heavy atom. The highest BCUT2D eigenvalue weighted by Crippen LogP contribution is 2.23. The molecule has 6 nitrogen and oxygen atoms in total. The Hall–Kier alpha value is -1.91. The van der Waals surface area contributed by atoms with E-state index in [9.17, 15) is 22.0 Å². The number of anilines is 1. The maximum atomic E-state index is 13.7. The number of nitrogens with one attached hydrogen (secondary N) is 1. The number of primary sulfonamides is 1. The standard InChI is InChI=1S/C10H7F2N3O3S2/c11-6-1-5(20(13,17)18)2-7(12)9(6)15-10(16)8-3-19-4-14-8/h1-4H,(H,15,16)(H2,13,17,18). The molecular weight excluding hydrogens is 312 g/mol. The van der Waals surface area contributed by atoms with Crippen LogP contribution in [0, 0.1) is 11.6 Å². The molecule has 1 heterocycles. The molecular formula is C10H7F2N3O3S2. The molecule has 0 fully saturated rings. The number of hydrogen-bond acceptors (Lipinski definition) is 5. The number of halogens is 2. The zero-order valence-electron chi connectivity index (χ0n) is 9.63. The summed E-state index contributed by atoms with van der Waals surface area (Å²) in [6.45, 7) is 0. The van der Waals surface area contributed by atoms with Crippen molar-refractivity contribution in [2.75, 3.05) is 5.32 Å². The molecule has 0 aliphatic rings. The normalized spacial score (nSPS) is 11.3. The van der Waals surface area contributed by atoms with Crippen molar-refractivity contribution in [2.24, 2.45) is 5.14 Å². The van der Waals surface area contributed by atoms with Crippen LogP contribution < -0.4 is 10.5 Å². The van der Waals surface area contributed by atoms with E-state index in [1.54, 1.807) is 0 Å². The summed E-state index contributed by atoms with van der Waals surface area (Å²) in [7, 11) is -4.24. The number of hydrogen-bond donors (Lipinski definition) is 2. The number of rotatable bonds is 3. The van der Waals surface area contributed by atoms with Gasteiger partial charge in [0.1, 0.15) is 11.4 Å². The third-order valence-corrected chi connectivity index (χ3v) is 3.73. The predicted molar refractivity (Wildman–Crippen MR) is 67.8 cm³/mol. The molecule has 0 radical (unpaired) electrons. The molecule has 0 spiro atoms. The lowest BCUT2D eigenvalue weighted by Gasteiger charge is -2.08. The van der Waals surface area contributed by atoms with Gasteiger partial charge < -0.3 is 5.32 Å². The SMILES string of the molecule is NS(=O)(=O)c1cc(F)c(NC(=O)c2cscn2)c(F)c1. The van der Waals surface area contributed by atoms with E-state index in [4.69, 9.17) is 5.14 Å². The monoisotopic (exact) mass is 319 g/mol. The number of sulfonamides is 1. The first-order chi connectivity index (χ1) is 9.29. The Bertz CT molecular complexity index is 737. The fourth-order valence-electron chi connectivity index (χ4n) is 1.34. The molecule has 0 saturated heterocycles. The van der Waals surface area contributed by atoms with Crippen LogP contribution in [0.2, 0.25) is 0 Å². The first kappa shape index (κ1) is 14.5. The number of thiazole rings is 1. The van der Waals surface area contributed by atoms with Crippen LogP contribution in [0.3, 0.4) is 0 Å². The molecule has 0 unspecified atom stereocenters. The Morgan fingerprint density at radius 1 is 1.30 bits per heavy atom. The van der Waals surface area contributed by atoms with Gasteiger partial charge in [0, 0.05) is 5.38 Å². The van der Waals surface area contributed by atoms with Gasteiger partial charge in [-0.3, -0.25) is 4.79 Å². The Morgan fingerprint density at radius 3 is 2.35 bits per heavy atom. The topological polar surface area (TPSA) is 102 Å². The molecule has 0 aliphatic heterocycles. The smallest absolute Gasteiger partial charge is 0.275 e. The highest BCUT2D eigenvalue weighted by Gasteiger charge is 2.19. The van der Waals surface area contributed by atoms with Crippen molar-refractivity contribution in [3.05, 3.63) is 40.4 Å². The van der Waals surface area contributed by atoms with Crippen molar-refractivity contribution < 1.29 is 22.0 Å². The maximum absolute atomic E-state index is 13.7. The minimum absolute atomic E-state index is 0.00989. The van der Waals surface area contributed by atoms with Crippen molar-refractivity contribution in [1.82, 2.24) is 4.98 Å². The zero-order valence-corrected chi connectivity index (χ0v) is 11.3. The van der Waals surface area contributed by atoms with Gasteiger partial charge in [0.25, 0.3) is 5.91 Å². The Labute approximate surface area is 116 Å². The van der Waals surface area contributed by atoms with Crippen LogP contribution in [0.15, 0.2) is 27.9 Å². The van der Waals surface area contributed by atoms with Gasteiger partial charge in [-0.1, -0.05) is 0 Å². The summed E-state index contributed by atoms with van der Waals surface area (Å²) in [5.74, 6) is -3.32. The number of carbonyl (C=O) groups is 1. The first-order valence-electron chi connectivity index (χ1n) is 5.00. The molecule has 2 rings (SSSR count). The second-order valence-electron chi connectivity index (χ2n) is 3.63. The zero-order chi connectivity index (χ0) is 14.9. The first-order valence-corrected chi connectivity index (χ1v) is 7.49. The quantitative estimate of drug-likeness (QED) is 0.890. The van der Waals surface area contributed by atoms with Crippen molar-refractivity contribution in [3.8, 4) is 0 Å². The lowest BCUT2D eigenvalue weighted by atomic mass is 10.2. The molecule has 1 aromatic carbocycles. The van der Waals surface area contributed by atoms with Gasteiger partial charge in [-0.2, -0.15) is 0 Å². The van der Waals surface area contributed by atoms with E-state index in [0.717, 1.165) is 11.3 Å². The molecule has 0 bridgehead atoms. The Balaban J connectivity index is 2.37. The minimum atomic E-state index is -4.24. The van der Waals surface area contributed by atoms with E-state index in [2.05, 4.69) is 4.98 Å². The van der Waals surface area contributed by atoms with Gasteiger partial charge in [0.15, 0.2) is 11.6 Å². The highest BCUT2D eigenvalue weighted by molar-refractivity contribution is 7.89. The summed E-state index contributed by atoms with van der Waals surface area (Å²) in [6, 6.07) is 1.05. The van der Waals surface area contributed by atoms with Gasteiger partial charge in [-0.15, -0.1) is 11.3 Å². The van der Waals surface area contributed by atoms with Gasteiger partial charge in [-0.25, -0.2) is 27.3 Å². The summed E-state index contributed by atoms with van der Waals surface area (Å²) >= 11 is 1.14. The molecule has 2 aromatic rings. The molecule has 1 aromatic heterocycles. The summed E-state index contributed by atoms with van der Waals surface area (Å²) in [5, 5.41) is 8.14. The summed E-state index contributed by atoms with van der Waals surface area (Å²) in [4.78, 5) is 14.6. The number of carbonyl (C=O) groups excluding carboxylic acids is 1. The number of amides is 1. The van der Waals surface area contributed by atoms with Gasteiger partial charge in [0.2, 0.25) is 10.0 Å². The average Bonchev–Trinajstić information content (AvgIpc) is 2.85. The van der Waals surface area contributed by atoms with Crippen molar-refractivity contribution in [1.29, 1.82) is 0 Å².